The van der Waals surface area contributed by atoms with Crippen LogP contribution in [0, 0.1) is 0 Å². The molecule has 0 spiro atoms. The highest BCUT2D eigenvalue weighted by Crippen LogP contribution is 2.33. The minimum atomic E-state index is -0.455. The molecule has 1 aliphatic heterocycles. The van der Waals surface area contributed by atoms with Gasteiger partial charge in [-0.1, -0.05) is 18.9 Å². The molecule has 19 heavy (non-hydrogen) atoms. The summed E-state index contributed by atoms with van der Waals surface area (Å²) in [7, 11) is 0. The lowest BCUT2D eigenvalue weighted by Gasteiger charge is -2.32. The molecule has 4 heteroatoms. The van der Waals surface area contributed by atoms with Crippen LogP contribution in [0.3, 0.4) is 0 Å². The number of rotatable bonds is 3. The third-order valence-corrected chi connectivity index (χ3v) is 4.49. The van der Waals surface area contributed by atoms with Crippen LogP contribution in [0.15, 0.2) is 22.7 Å². The lowest BCUT2D eigenvalue weighted by Crippen LogP contribution is -2.37. The zero-order chi connectivity index (χ0) is 13.8. The average Bonchev–Trinajstić information content (AvgIpc) is 2.63. The minimum Gasteiger partial charge on any atom is -0.394 e. The Morgan fingerprint density at radius 1 is 1.37 bits per heavy atom. The van der Waals surface area contributed by atoms with Crippen molar-refractivity contribution in [2.45, 2.75) is 44.8 Å². The summed E-state index contributed by atoms with van der Waals surface area (Å²) in [6.07, 6.45) is 4.17. The van der Waals surface area contributed by atoms with Crippen molar-refractivity contribution in [3.8, 4) is 0 Å². The Labute approximate surface area is 123 Å². The Kier molecular flexibility index (Phi) is 5.25. The van der Waals surface area contributed by atoms with Crippen molar-refractivity contribution in [3.63, 3.8) is 0 Å². The molecule has 2 rings (SSSR count). The lowest BCUT2D eigenvalue weighted by molar-refractivity contribution is 0.199. The molecule has 0 saturated carbocycles. The van der Waals surface area contributed by atoms with E-state index in [0.29, 0.717) is 0 Å². The molecule has 106 valence electrons. The molecule has 1 unspecified atom stereocenters. The molecule has 3 nitrogen and oxygen atoms in total. The van der Waals surface area contributed by atoms with E-state index in [1.807, 2.05) is 18.2 Å². The van der Waals surface area contributed by atoms with Crippen molar-refractivity contribution < 1.29 is 10.2 Å². The van der Waals surface area contributed by atoms with Crippen LogP contribution in [0.4, 0.5) is 5.69 Å². The fourth-order valence-corrected chi connectivity index (χ4v) is 3.32. The predicted octanol–water partition coefficient (Wildman–Crippen LogP) is 3.24. The van der Waals surface area contributed by atoms with Gasteiger partial charge in [0.25, 0.3) is 0 Å². The molecule has 1 aliphatic rings. The molecule has 0 bridgehead atoms. The molecule has 1 saturated heterocycles. The average molecular weight is 328 g/mol. The molecule has 2 atom stereocenters. The van der Waals surface area contributed by atoms with E-state index in [9.17, 15) is 10.2 Å². The van der Waals surface area contributed by atoms with Crippen molar-refractivity contribution in [1.82, 2.24) is 0 Å². The number of aliphatic hydroxyl groups excluding tert-OH is 2. The summed E-state index contributed by atoms with van der Waals surface area (Å²) in [4.78, 5) is 2.29. The SMILES string of the molecule is C[C@@H](O)c1ccc(N2CCCCCC2CO)c(Br)c1. The van der Waals surface area contributed by atoms with Crippen molar-refractivity contribution >= 4 is 21.6 Å². The van der Waals surface area contributed by atoms with Crippen LogP contribution in [0.1, 0.15) is 44.3 Å². The maximum Gasteiger partial charge on any atom is 0.0762 e. The summed E-state index contributed by atoms with van der Waals surface area (Å²) in [6.45, 7) is 2.95. The van der Waals surface area contributed by atoms with Gasteiger partial charge in [-0.25, -0.2) is 0 Å². The Balaban J connectivity index is 2.28. The van der Waals surface area contributed by atoms with E-state index in [-0.39, 0.29) is 12.6 Å². The Morgan fingerprint density at radius 3 is 2.79 bits per heavy atom. The van der Waals surface area contributed by atoms with Gasteiger partial charge < -0.3 is 15.1 Å². The number of benzene rings is 1. The van der Waals surface area contributed by atoms with Crippen LogP contribution in [-0.4, -0.2) is 29.4 Å². The van der Waals surface area contributed by atoms with Crippen LogP contribution in [0.5, 0.6) is 0 Å². The van der Waals surface area contributed by atoms with Crippen LogP contribution < -0.4 is 4.90 Å². The smallest absolute Gasteiger partial charge is 0.0762 e. The van der Waals surface area contributed by atoms with E-state index < -0.39 is 6.10 Å². The highest BCUT2D eigenvalue weighted by molar-refractivity contribution is 9.10. The summed E-state index contributed by atoms with van der Waals surface area (Å²) in [5, 5.41) is 19.2. The molecule has 1 aromatic carbocycles. The fraction of sp³-hybridized carbons (Fsp3) is 0.600. The largest absolute Gasteiger partial charge is 0.394 e. The quantitative estimate of drug-likeness (QED) is 0.895. The molecule has 0 aliphatic carbocycles. The second-order valence-electron chi connectivity index (χ2n) is 5.27. The first-order valence-electron chi connectivity index (χ1n) is 6.98. The summed E-state index contributed by atoms with van der Waals surface area (Å²) in [5.41, 5.74) is 2.02. The first-order chi connectivity index (χ1) is 9.13. The molecule has 0 radical (unpaired) electrons. The van der Waals surface area contributed by atoms with Gasteiger partial charge in [0.15, 0.2) is 0 Å². The summed E-state index contributed by atoms with van der Waals surface area (Å²) in [5.74, 6) is 0. The number of anilines is 1. The predicted molar refractivity (Wildman–Crippen MR) is 81.5 cm³/mol. The van der Waals surface area contributed by atoms with Gasteiger partial charge in [-0.15, -0.1) is 0 Å². The van der Waals surface area contributed by atoms with E-state index in [4.69, 9.17) is 0 Å². The molecule has 0 amide bonds. The van der Waals surface area contributed by atoms with Crippen LogP contribution in [0.25, 0.3) is 0 Å². The van der Waals surface area contributed by atoms with Crippen molar-refractivity contribution in [3.05, 3.63) is 28.2 Å². The standard InChI is InChI=1S/C15H22BrNO2/c1-11(19)12-6-7-15(14(16)9-12)17-8-4-2-3-5-13(17)10-18/h6-7,9,11,13,18-19H,2-5,8,10H2,1H3/t11-,13?/m1/s1. The van der Waals surface area contributed by atoms with Gasteiger partial charge in [-0.3, -0.25) is 0 Å². The van der Waals surface area contributed by atoms with Crippen LogP contribution in [-0.2, 0) is 0 Å². The molecular formula is C15H22BrNO2. The second kappa shape index (κ2) is 6.73. The van der Waals surface area contributed by atoms with Crippen molar-refractivity contribution in [1.29, 1.82) is 0 Å². The molecule has 0 aromatic heterocycles. The van der Waals surface area contributed by atoms with Crippen LogP contribution in [0.2, 0.25) is 0 Å². The van der Waals surface area contributed by atoms with Crippen molar-refractivity contribution in [2.24, 2.45) is 0 Å². The third-order valence-electron chi connectivity index (χ3n) is 3.85. The number of halogens is 1. The Bertz CT molecular complexity index is 423. The van der Waals surface area contributed by atoms with Gasteiger partial charge in [-0.2, -0.15) is 0 Å². The van der Waals surface area contributed by atoms with E-state index in [2.05, 4.69) is 20.8 Å². The summed E-state index contributed by atoms with van der Waals surface area (Å²) >= 11 is 3.60. The highest BCUT2D eigenvalue weighted by atomic mass is 79.9. The van der Waals surface area contributed by atoms with Gasteiger partial charge in [-0.05, 0) is 53.4 Å². The highest BCUT2D eigenvalue weighted by Gasteiger charge is 2.22. The fourth-order valence-electron chi connectivity index (χ4n) is 2.70. The van der Waals surface area contributed by atoms with Gasteiger partial charge >= 0.3 is 0 Å². The maximum absolute atomic E-state index is 9.62. The number of nitrogens with zero attached hydrogens (tertiary/aromatic N) is 1. The van der Waals surface area contributed by atoms with Crippen molar-refractivity contribution in [2.75, 3.05) is 18.1 Å². The normalized spacial score (nSPS) is 22.1. The Morgan fingerprint density at radius 2 is 2.16 bits per heavy atom. The molecule has 1 aromatic rings. The second-order valence-corrected chi connectivity index (χ2v) is 6.12. The summed E-state index contributed by atoms with van der Waals surface area (Å²) < 4.78 is 0.992. The Hall–Kier alpha value is -0.580. The van der Waals surface area contributed by atoms with E-state index >= 15 is 0 Å². The third kappa shape index (κ3) is 3.50. The van der Waals surface area contributed by atoms with Crippen LogP contribution >= 0.6 is 15.9 Å². The maximum atomic E-state index is 9.62. The topological polar surface area (TPSA) is 43.7 Å². The van der Waals surface area contributed by atoms with E-state index in [0.717, 1.165) is 28.7 Å². The zero-order valence-electron chi connectivity index (χ0n) is 11.3. The first kappa shape index (κ1) is 14.8. The number of hydrogen-bond acceptors (Lipinski definition) is 3. The summed E-state index contributed by atoms with van der Waals surface area (Å²) in [6, 6.07) is 6.18. The van der Waals surface area contributed by atoms with Gasteiger partial charge in [0.2, 0.25) is 0 Å². The van der Waals surface area contributed by atoms with E-state index in [1.165, 1.54) is 19.3 Å². The monoisotopic (exact) mass is 327 g/mol. The van der Waals surface area contributed by atoms with E-state index in [1.54, 1.807) is 6.92 Å². The lowest BCUT2D eigenvalue weighted by atomic mass is 10.1. The van der Waals surface area contributed by atoms with Gasteiger partial charge in [0.05, 0.1) is 24.4 Å². The minimum absolute atomic E-state index is 0.199. The van der Waals surface area contributed by atoms with Gasteiger partial charge in [0.1, 0.15) is 0 Å². The zero-order valence-corrected chi connectivity index (χ0v) is 12.9. The molecule has 1 fully saturated rings. The molecular weight excluding hydrogens is 306 g/mol. The first-order valence-corrected chi connectivity index (χ1v) is 7.77. The molecule has 2 N–H and O–H groups in total. The number of hydrogen-bond donors (Lipinski definition) is 2. The number of aliphatic hydroxyl groups is 2. The molecule has 1 heterocycles. The van der Waals surface area contributed by atoms with Gasteiger partial charge in [0, 0.05) is 11.0 Å².